The van der Waals surface area contributed by atoms with Crippen molar-refractivity contribution in [2.24, 2.45) is 0 Å². The number of hydrogen-bond acceptors (Lipinski definition) is 4. The van der Waals surface area contributed by atoms with Gasteiger partial charge < -0.3 is 10.0 Å². The van der Waals surface area contributed by atoms with Crippen LogP contribution < -0.4 is 0 Å². The van der Waals surface area contributed by atoms with Gasteiger partial charge in [-0.1, -0.05) is 48.7 Å². The average molecular weight is 471 g/mol. The molecule has 3 atom stereocenters. The molecule has 0 spiro atoms. The zero-order valence-corrected chi connectivity index (χ0v) is 19.3. The summed E-state index contributed by atoms with van der Waals surface area (Å²) in [5, 5.41) is 20.1. The summed E-state index contributed by atoms with van der Waals surface area (Å²) in [5.41, 5.74) is 2.32. The maximum Gasteiger partial charge on any atom is 0.223 e. The Bertz CT molecular complexity index is 1070. The van der Waals surface area contributed by atoms with E-state index in [1.807, 2.05) is 24.3 Å². The van der Waals surface area contributed by atoms with Crippen LogP contribution in [-0.2, 0) is 4.79 Å². The smallest absolute Gasteiger partial charge is 0.223 e. The van der Waals surface area contributed by atoms with Crippen LogP contribution in [0, 0.1) is 5.82 Å². The first-order valence-corrected chi connectivity index (χ1v) is 11.7. The Hall–Kier alpha value is -2.77. The van der Waals surface area contributed by atoms with Gasteiger partial charge in [0.2, 0.25) is 5.91 Å². The monoisotopic (exact) mass is 470 g/mol. The molecule has 4 rings (SSSR count). The lowest BCUT2D eigenvalue weighted by Crippen LogP contribution is -2.49. The summed E-state index contributed by atoms with van der Waals surface area (Å²) < 4.78 is 14.9. The number of amides is 1. The van der Waals surface area contributed by atoms with E-state index < -0.39 is 6.10 Å². The molecule has 1 N–H and O–H groups in total. The van der Waals surface area contributed by atoms with E-state index in [9.17, 15) is 14.3 Å². The van der Waals surface area contributed by atoms with E-state index in [1.54, 1.807) is 27.9 Å². The summed E-state index contributed by atoms with van der Waals surface area (Å²) in [6.07, 6.45) is 4.82. The fourth-order valence-corrected chi connectivity index (χ4v) is 4.51. The summed E-state index contributed by atoms with van der Waals surface area (Å²) in [6, 6.07) is 13.0. The van der Waals surface area contributed by atoms with Crippen LogP contribution in [0.5, 0.6) is 0 Å². The lowest BCUT2D eigenvalue weighted by Gasteiger charge is -2.42. The fourth-order valence-electron chi connectivity index (χ4n) is 4.39. The van der Waals surface area contributed by atoms with Gasteiger partial charge in [0.25, 0.3) is 0 Å². The van der Waals surface area contributed by atoms with Gasteiger partial charge in [-0.3, -0.25) is 4.79 Å². The second-order valence-electron chi connectivity index (χ2n) is 8.53. The summed E-state index contributed by atoms with van der Waals surface area (Å²) >= 11 is 6.09. The summed E-state index contributed by atoms with van der Waals surface area (Å²) in [7, 11) is 0. The van der Waals surface area contributed by atoms with Gasteiger partial charge in [-0.2, -0.15) is 0 Å². The van der Waals surface area contributed by atoms with Gasteiger partial charge >= 0.3 is 0 Å². The van der Waals surface area contributed by atoms with E-state index in [0.29, 0.717) is 23.6 Å². The van der Waals surface area contributed by atoms with Crippen LogP contribution in [0.15, 0.2) is 54.7 Å². The molecule has 2 heterocycles. The maximum absolute atomic E-state index is 13.3. The molecule has 0 radical (unpaired) electrons. The van der Waals surface area contributed by atoms with Gasteiger partial charge in [-0.15, -0.1) is 5.10 Å². The van der Waals surface area contributed by atoms with E-state index in [-0.39, 0.29) is 30.4 Å². The first kappa shape index (κ1) is 23.4. The maximum atomic E-state index is 13.3. The van der Waals surface area contributed by atoms with Crippen molar-refractivity contribution in [1.29, 1.82) is 0 Å². The largest absolute Gasteiger partial charge is 0.389 e. The molecule has 2 aromatic carbocycles. The third-order valence-electron chi connectivity index (χ3n) is 6.23. The van der Waals surface area contributed by atoms with Crippen molar-refractivity contribution < 1.29 is 14.3 Å². The molecule has 174 valence electrons. The van der Waals surface area contributed by atoms with Crippen LogP contribution in [0.2, 0.25) is 5.02 Å². The number of piperidine rings is 1. The van der Waals surface area contributed by atoms with Crippen molar-refractivity contribution >= 4 is 17.5 Å². The topological polar surface area (TPSA) is 71.2 Å². The second kappa shape index (κ2) is 10.4. The summed E-state index contributed by atoms with van der Waals surface area (Å²) in [6.45, 7) is 2.32. The average Bonchev–Trinajstić information content (AvgIpc) is 3.30. The molecule has 0 unspecified atom stereocenters. The van der Waals surface area contributed by atoms with E-state index in [1.165, 1.54) is 12.1 Å². The van der Waals surface area contributed by atoms with E-state index in [2.05, 4.69) is 17.2 Å². The highest BCUT2D eigenvalue weighted by Crippen LogP contribution is 2.38. The van der Waals surface area contributed by atoms with E-state index >= 15 is 0 Å². The van der Waals surface area contributed by atoms with Gasteiger partial charge in [-0.05, 0) is 54.8 Å². The molecule has 8 heteroatoms. The third kappa shape index (κ3) is 5.42. The molecule has 1 aromatic heterocycles. The Kier molecular flexibility index (Phi) is 7.40. The number of likely N-dealkylation sites (tertiary alicyclic amines) is 1. The zero-order chi connectivity index (χ0) is 23.4. The molecule has 0 saturated carbocycles. The van der Waals surface area contributed by atoms with Crippen LogP contribution >= 0.6 is 11.6 Å². The number of benzene rings is 2. The van der Waals surface area contributed by atoms with Crippen LogP contribution in [0.25, 0.3) is 11.3 Å². The lowest BCUT2D eigenvalue weighted by atomic mass is 9.89. The number of carbonyl (C=O) groups excluding carboxylic acids is 1. The Morgan fingerprint density at radius 1 is 1.15 bits per heavy atom. The Morgan fingerprint density at radius 3 is 2.58 bits per heavy atom. The number of nitrogens with zero attached hydrogens (tertiary/aromatic N) is 4. The van der Waals surface area contributed by atoms with Crippen molar-refractivity contribution in [1.82, 2.24) is 19.9 Å². The van der Waals surface area contributed by atoms with Crippen molar-refractivity contribution in [3.63, 3.8) is 0 Å². The number of aliphatic hydroxyl groups excluding tert-OH is 1. The fraction of sp³-hybridized carbons (Fsp3) is 0.400. The number of hydrogen-bond donors (Lipinski definition) is 1. The highest BCUT2D eigenvalue weighted by molar-refractivity contribution is 6.30. The quantitative estimate of drug-likeness (QED) is 0.482. The standard InChI is InChI=1S/C25H28ClFN4O2/c1-2-3-4-5-25(33)30-16-24(32)23(14-22(30)18-6-10-19(26)11-7-18)31-15-21(28-29-31)17-8-12-20(27)13-9-17/h6-13,15,22-24,32H,2-5,14,16H2,1H3/t22-,23+,24+/m1/s1. The molecule has 1 aliphatic heterocycles. The molecule has 3 aromatic rings. The van der Waals surface area contributed by atoms with E-state index in [4.69, 9.17) is 11.6 Å². The molecule has 1 aliphatic rings. The first-order chi connectivity index (χ1) is 16.0. The summed E-state index contributed by atoms with van der Waals surface area (Å²) in [4.78, 5) is 14.8. The molecule has 1 fully saturated rings. The number of aromatic nitrogens is 3. The summed E-state index contributed by atoms with van der Waals surface area (Å²) in [5.74, 6) is -0.269. The third-order valence-corrected chi connectivity index (χ3v) is 6.48. The Morgan fingerprint density at radius 2 is 1.88 bits per heavy atom. The molecule has 6 nitrogen and oxygen atoms in total. The minimum Gasteiger partial charge on any atom is -0.389 e. The Labute approximate surface area is 198 Å². The number of β-amino-alcohol motifs (C(OH)–C–C–N with tert-alkyl or cyclic N) is 1. The second-order valence-corrected chi connectivity index (χ2v) is 8.97. The number of carbonyl (C=O) groups is 1. The van der Waals surface area contributed by atoms with Crippen molar-refractivity contribution in [2.45, 2.75) is 57.2 Å². The van der Waals surface area contributed by atoms with Crippen molar-refractivity contribution in [2.75, 3.05) is 6.54 Å². The zero-order valence-electron chi connectivity index (χ0n) is 18.6. The van der Waals surface area contributed by atoms with Gasteiger partial charge in [0.1, 0.15) is 11.5 Å². The molecule has 0 bridgehead atoms. The van der Waals surface area contributed by atoms with Crippen molar-refractivity contribution in [3.05, 3.63) is 71.1 Å². The number of unbranched alkanes of at least 4 members (excludes halogenated alkanes) is 2. The molecular weight excluding hydrogens is 443 g/mol. The molecule has 1 saturated heterocycles. The predicted molar refractivity (Wildman–Crippen MR) is 125 cm³/mol. The molecular formula is C25H28ClFN4O2. The van der Waals surface area contributed by atoms with Crippen LogP contribution in [0.1, 0.15) is 56.7 Å². The van der Waals surface area contributed by atoms with Gasteiger partial charge in [0.05, 0.1) is 24.4 Å². The van der Waals surface area contributed by atoms with Crippen LogP contribution in [0.4, 0.5) is 4.39 Å². The SMILES string of the molecule is CCCCCC(=O)N1C[C@H](O)[C@@H](n2cc(-c3ccc(F)cc3)nn2)C[C@@H]1c1ccc(Cl)cc1. The minimum absolute atomic E-state index is 0.0477. The highest BCUT2D eigenvalue weighted by Gasteiger charge is 2.39. The number of halogens is 2. The van der Waals surface area contributed by atoms with Gasteiger partial charge in [0, 0.05) is 23.6 Å². The lowest BCUT2D eigenvalue weighted by molar-refractivity contribution is -0.140. The van der Waals surface area contributed by atoms with Gasteiger partial charge in [-0.25, -0.2) is 9.07 Å². The molecule has 33 heavy (non-hydrogen) atoms. The molecule has 1 amide bonds. The molecule has 0 aliphatic carbocycles. The van der Waals surface area contributed by atoms with Gasteiger partial charge in [0.15, 0.2) is 0 Å². The Balaban J connectivity index is 1.59. The number of rotatable bonds is 7. The predicted octanol–water partition coefficient (Wildman–Crippen LogP) is 5.19. The van der Waals surface area contributed by atoms with Crippen LogP contribution in [0.3, 0.4) is 0 Å². The first-order valence-electron chi connectivity index (χ1n) is 11.4. The number of aliphatic hydroxyl groups is 1. The normalized spacial score (nSPS) is 20.7. The minimum atomic E-state index is -0.786. The van der Waals surface area contributed by atoms with Crippen molar-refractivity contribution in [3.8, 4) is 11.3 Å². The highest BCUT2D eigenvalue weighted by atomic mass is 35.5. The van der Waals surface area contributed by atoms with E-state index in [0.717, 1.165) is 30.4 Å². The van der Waals surface area contributed by atoms with Crippen LogP contribution in [-0.4, -0.2) is 43.6 Å².